The van der Waals surface area contributed by atoms with Crippen LogP contribution in [-0.2, 0) is 4.79 Å². The molecule has 0 aromatic carbocycles. The van der Waals surface area contributed by atoms with Gasteiger partial charge in [0.1, 0.15) is 5.41 Å². The molecule has 15 heavy (non-hydrogen) atoms. The van der Waals surface area contributed by atoms with Crippen LogP contribution in [0.3, 0.4) is 0 Å². The minimum atomic E-state index is -0.863. The molecule has 0 bridgehead atoms. The molecule has 0 radical (unpaired) electrons. The highest BCUT2D eigenvalue weighted by molar-refractivity contribution is 5.85. The molecule has 3 nitrogen and oxygen atoms in total. The van der Waals surface area contributed by atoms with Crippen LogP contribution in [0.15, 0.2) is 0 Å². The van der Waals surface area contributed by atoms with E-state index in [2.05, 4.69) is 18.3 Å². The van der Waals surface area contributed by atoms with Gasteiger partial charge in [0.05, 0.1) is 6.07 Å². The summed E-state index contributed by atoms with van der Waals surface area (Å²) < 4.78 is 0. The maximum atomic E-state index is 12.0. The Kier molecular flexibility index (Phi) is 3.38. The molecule has 1 atom stereocenters. The van der Waals surface area contributed by atoms with Gasteiger partial charge in [-0.2, -0.15) is 5.26 Å². The molecule has 1 aliphatic rings. The van der Waals surface area contributed by atoms with Crippen molar-refractivity contribution in [1.29, 1.82) is 5.26 Å². The number of carbonyl (C=O) groups is 1. The van der Waals surface area contributed by atoms with Crippen molar-refractivity contribution in [2.75, 3.05) is 0 Å². The summed E-state index contributed by atoms with van der Waals surface area (Å²) in [6, 6.07) is 2.11. The molecule has 0 spiro atoms. The zero-order valence-electron chi connectivity index (χ0n) is 9.89. The van der Waals surface area contributed by atoms with Crippen LogP contribution in [0.1, 0.15) is 52.9 Å². The van der Waals surface area contributed by atoms with Crippen molar-refractivity contribution in [3.8, 4) is 6.07 Å². The van der Waals surface area contributed by atoms with Crippen molar-refractivity contribution in [3.63, 3.8) is 0 Å². The predicted molar refractivity (Wildman–Crippen MR) is 59.0 cm³/mol. The minimum absolute atomic E-state index is 0.00956. The summed E-state index contributed by atoms with van der Waals surface area (Å²) in [4.78, 5) is 12.0. The van der Waals surface area contributed by atoms with Crippen LogP contribution >= 0.6 is 0 Å². The highest BCUT2D eigenvalue weighted by Gasteiger charge is 2.41. The molecule has 84 valence electrons. The first kappa shape index (κ1) is 12.0. The first-order valence-corrected chi connectivity index (χ1v) is 5.76. The maximum absolute atomic E-state index is 12.0. The van der Waals surface area contributed by atoms with E-state index in [0.717, 1.165) is 19.3 Å². The van der Waals surface area contributed by atoms with Crippen molar-refractivity contribution >= 4 is 5.91 Å². The van der Waals surface area contributed by atoms with E-state index < -0.39 is 5.41 Å². The van der Waals surface area contributed by atoms with Gasteiger partial charge in [-0.3, -0.25) is 4.79 Å². The fraction of sp³-hybridized carbons (Fsp3) is 0.833. The molecule has 1 aliphatic carbocycles. The van der Waals surface area contributed by atoms with E-state index in [-0.39, 0.29) is 11.4 Å². The Morgan fingerprint density at radius 1 is 1.53 bits per heavy atom. The lowest BCUT2D eigenvalue weighted by molar-refractivity contribution is -0.130. The van der Waals surface area contributed by atoms with E-state index in [1.807, 2.05) is 6.92 Å². The topological polar surface area (TPSA) is 52.9 Å². The van der Waals surface area contributed by atoms with Gasteiger partial charge in [0.2, 0.25) is 5.91 Å². The molecule has 1 N–H and O–H groups in total. The van der Waals surface area contributed by atoms with E-state index in [9.17, 15) is 4.79 Å². The lowest BCUT2D eigenvalue weighted by Gasteiger charge is -2.43. The van der Waals surface area contributed by atoms with E-state index in [4.69, 9.17) is 5.26 Å². The van der Waals surface area contributed by atoms with Crippen LogP contribution in [0.5, 0.6) is 0 Å². The molecule has 1 amide bonds. The second-order valence-electron chi connectivity index (χ2n) is 4.74. The summed E-state index contributed by atoms with van der Waals surface area (Å²) in [5.41, 5.74) is -0.873. The van der Waals surface area contributed by atoms with Gasteiger partial charge < -0.3 is 5.32 Å². The molecule has 0 heterocycles. The van der Waals surface area contributed by atoms with Crippen LogP contribution < -0.4 is 5.32 Å². The average Bonchev–Trinajstić information content (AvgIpc) is 2.21. The van der Waals surface area contributed by atoms with Crippen LogP contribution in [0.25, 0.3) is 0 Å². The summed E-state index contributed by atoms with van der Waals surface area (Å²) in [7, 11) is 0. The zero-order valence-corrected chi connectivity index (χ0v) is 9.89. The van der Waals surface area contributed by atoms with Gasteiger partial charge in [0.25, 0.3) is 0 Å². The van der Waals surface area contributed by atoms with Crippen molar-refractivity contribution in [1.82, 2.24) is 5.32 Å². The zero-order chi connectivity index (χ0) is 11.5. The van der Waals surface area contributed by atoms with Gasteiger partial charge in [-0.1, -0.05) is 13.8 Å². The summed E-state index contributed by atoms with van der Waals surface area (Å²) in [6.45, 7) is 5.68. The predicted octanol–water partition coefficient (Wildman–Crippen LogP) is 2.38. The van der Waals surface area contributed by atoms with Gasteiger partial charge in [0, 0.05) is 5.54 Å². The summed E-state index contributed by atoms with van der Waals surface area (Å²) >= 11 is 0. The Morgan fingerprint density at radius 3 is 2.40 bits per heavy atom. The summed E-state index contributed by atoms with van der Waals surface area (Å²) in [5, 5.41) is 12.1. The van der Waals surface area contributed by atoms with Gasteiger partial charge in [-0.25, -0.2) is 0 Å². The molecule has 0 aliphatic heterocycles. The third kappa shape index (κ3) is 2.14. The molecule has 1 saturated carbocycles. The first-order valence-electron chi connectivity index (χ1n) is 5.76. The minimum Gasteiger partial charge on any atom is -0.349 e. The number of rotatable bonds is 4. The number of nitrogens with zero attached hydrogens (tertiary/aromatic N) is 1. The summed E-state index contributed by atoms with van der Waals surface area (Å²) in [6.07, 6.45) is 4.82. The van der Waals surface area contributed by atoms with E-state index in [0.29, 0.717) is 6.42 Å². The Balaban J connectivity index is 2.66. The van der Waals surface area contributed by atoms with Gasteiger partial charge in [-0.05, 0) is 39.0 Å². The van der Waals surface area contributed by atoms with Gasteiger partial charge >= 0.3 is 0 Å². The second kappa shape index (κ2) is 4.22. The lowest BCUT2D eigenvalue weighted by Crippen LogP contribution is -2.56. The van der Waals surface area contributed by atoms with Crippen LogP contribution in [-0.4, -0.2) is 11.4 Å². The third-order valence-electron chi connectivity index (χ3n) is 3.82. The largest absolute Gasteiger partial charge is 0.349 e. The Labute approximate surface area is 91.9 Å². The number of amides is 1. The fourth-order valence-corrected chi connectivity index (χ4v) is 1.84. The van der Waals surface area contributed by atoms with Gasteiger partial charge in [-0.15, -0.1) is 0 Å². The molecule has 3 heteroatoms. The van der Waals surface area contributed by atoms with E-state index in [1.54, 1.807) is 6.92 Å². The van der Waals surface area contributed by atoms with Gasteiger partial charge in [0.15, 0.2) is 0 Å². The standard InChI is InChI=1S/C12H20N2O/c1-4-11(3,9-13)10(15)14-12(5-2)7-6-8-12/h4-8H2,1-3H3,(H,14,15). The molecule has 0 saturated heterocycles. The normalized spacial score (nSPS) is 22.0. The van der Waals surface area contributed by atoms with Crippen molar-refractivity contribution in [2.45, 2.75) is 58.4 Å². The number of hydrogen-bond acceptors (Lipinski definition) is 2. The number of carbonyl (C=O) groups excluding carboxylic acids is 1. The smallest absolute Gasteiger partial charge is 0.240 e. The molecular weight excluding hydrogens is 188 g/mol. The number of nitriles is 1. The van der Waals surface area contributed by atoms with E-state index >= 15 is 0 Å². The quantitative estimate of drug-likeness (QED) is 0.771. The molecule has 0 aromatic heterocycles. The van der Waals surface area contributed by atoms with Crippen LogP contribution in [0.2, 0.25) is 0 Å². The van der Waals surface area contributed by atoms with Crippen molar-refractivity contribution in [3.05, 3.63) is 0 Å². The second-order valence-corrected chi connectivity index (χ2v) is 4.74. The van der Waals surface area contributed by atoms with Crippen LogP contribution in [0.4, 0.5) is 0 Å². The molecule has 1 fully saturated rings. The SMILES string of the molecule is CCC1(NC(=O)C(C)(C#N)CC)CCC1. The maximum Gasteiger partial charge on any atom is 0.240 e. The highest BCUT2D eigenvalue weighted by atomic mass is 16.2. The Bertz CT molecular complexity index is 283. The fourth-order valence-electron chi connectivity index (χ4n) is 1.84. The molecular formula is C12H20N2O. The van der Waals surface area contributed by atoms with Crippen molar-refractivity contribution < 1.29 is 4.79 Å². The van der Waals surface area contributed by atoms with Crippen LogP contribution in [0, 0.1) is 16.7 Å². The Hall–Kier alpha value is -1.04. The summed E-state index contributed by atoms with van der Waals surface area (Å²) in [5.74, 6) is -0.103. The number of hydrogen-bond donors (Lipinski definition) is 1. The van der Waals surface area contributed by atoms with E-state index in [1.165, 1.54) is 6.42 Å². The molecule has 1 unspecified atom stereocenters. The molecule has 0 aromatic rings. The first-order chi connectivity index (χ1) is 7.02. The molecule has 1 rings (SSSR count). The average molecular weight is 208 g/mol. The Morgan fingerprint density at radius 2 is 2.13 bits per heavy atom. The monoisotopic (exact) mass is 208 g/mol. The van der Waals surface area contributed by atoms with Crippen molar-refractivity contribution in [2.24, 2.45) is 5.41 Å². The highest BCUT2D eigenvalue weighted by Crippen LogP contribution is 2.36. The lowest BCUT2D eigenvalue weighted by atomic mass is 9.73. The number of nitrogens with one attached hydrogen (secondary N) is 1. The third-order valence-corrected chi connectivity index (χ3v) is 3.82.